The molecule has 0 saturated carbocycles. The molecular weight excluding hydrogens is 228 g/mol. The molecule has 0 aliphatic heterocycles. The van der Waals surface area contributed by atoms with Gasteiger partial charge in [-0.25, -0.2) is 4.79 Å². The van der Waals surface area contributed by atoms with Crippen LogP contribution in [-0.4, -0.2) is 18.4 Å². The molecule has 0 aromatic carbocycles. The van der Waals surface area contributed by atoms with Crippen LogP contribution in [0.3, 0.4) is 0 Å². The predicted molar refractivity (Wildman–Crippen MR) is 75.5 cm³/mol. The Labute approximate surface area is 112 Å². The summed E-state index contributed by atoms with van der Waals surface area (Å²) in [5.41, 5.74) is 0. The molecule has 0 aliphatic carbocycles. The first-order valence-electron chi connectivity index (χ1n) is 6.93. The van der Waals surface area contributed by atoms with Gasteiger partial charge < -0.3 is 4.74 Å². The maximum absolute atomic E-state index is 11.0. The van der Waals surface area contributed by atoms with Crippen molar-refractivity contribution >= 4 is 11.8 Å². The number of unbranched alkanes of at least 4 members (excludes halogenated alkanes) is 3. The standard InChI is InChI=1S/C10H20O.C5H8O2/c1-3-5-6-7-9-10(11)8-4-2;1-3-5(6)7-4-2/h3-9H2,1-2H3;3H,1,4H2,2H3. The van der Waals surface area contributed by atoms with Crippen molar-refractivity contribution in [3.63, 3.8) is 0 Å². The summed E-state index contributed by atoms with van der Waals surface area (Å²) in [5.74, 6) is 0.0890. The van der Waals surface area contributed by atoms with E-state index in [9.17, 15) is 9.59 Å². The van der Waals surface area contributed by atoms with Crippen molar-refractivity contribution in [2.45, 2.75) is 65.7 Å². The summed E-state index contributed by atoms with van der Waals surface area (Å²) in [6.45, 7) is 9.63. The van der Waals surface area contributed by atoms with Crippen LogP contribution in [0.1, 0.15) is 65.7 Å². The molecule has 0 N–H and O–H groups in total. The van der Waals surface area contributed by atoms with E-state index in [0.717, 1.165) is 31.8 Å². The monoisotopic (exact) mass is 256 g/mol. The first-order valence-corrected chi connectivity index (χ1v) is 6.93. The van der Waals surface area contributed by atoms with E-state index >= 15 is 0 Å². The Morgan fingerprint density at radius 2 is 1.67 bits per heavy atom. The molecule has 0 atom stereocenters. The van der Waals surface area contributed by atoms with Crippen LogP contribution < -0.4 is 0 Å². The molecule has 3 heteroatoms. The van der Waals surface area contributed by atoms with Gasteiger partial charge in [-0.05, 0) is 19.8 Å². The van der Waals surface area contributed by atoms with Crippen LogP contribution in [0.4, 0.5) is 0 Å². The van der Waals surface area contributed by atoms with Gasteiger partial charge in [0.2, 0.25) is 0 Å². The Balaban J connectivity index is 0. The second-order valence-electron chi connectivity index (χ2n) is 4.06. The highest BCUT2D eigenvalue weighted by Crippen LogP contribution is 2.04. The normalized spacial score (nSPS) is 9.06. The number of carbonyl (C=O) groups is 2. The SMILES string of the molecule is C=CC(=O)OCC.CCCCCCC(=O)CCC. The van der Waals surface area contributed by atoms with Gasteiger partial charge in [0.1, 0.15) is 5.78 Å². The molecule has 0 amide bonds. The van der Waals surface area contributed by atoms with Crippen LogP contribution in [-0.2, 0) is 14.3 Å². The average molecular weight is 256 g/mol. The lowest BCUT2D eigenvalue weighted by Gasteiger charge is -1.97. The lowest BCUT2D eigenvalue weighted by Crippen LogP contribution is -1.97. The van der Waals surface area contributed by atoms with Gasteiger partial charge in [-0.1, -0.05) is 39.7 Å². The van der Waals surface area contributed by atoms with Gasteiger partial charge in [0.25, 0.3) is 0 Å². The zero-order valence-corrected chi connectivity index (χ0v) is 12.2. The Morgan fingerprint density at radius 3 is 2.06 bits per heavy atom. The largest absolute Gasteiger partial charge is 0.463 e. The molecule has 0 rings (SSSR count). The lowest BCUT2D eigenvalue weighted by atomic mass is 10.1. The van der Waals surface area contributed by atoms with E-state index in [1.165, 1.54) is 19.3 Å². The summed E-state index contributed by atoms with van der Waals surface area (Å²) in [6.07, 6.45) is 8.61. The maximum atomic E-state index is 11.0. The summed E-state index contributed by atoms with van der Waals surface area (Å²) in [6, 6.07) is 0. The molecule has 3 nitrogen and oxygen atoms in total. The van der Waals surface area contributed by atoms with Gasteiger partial charge in [0, 0.05) is 18.9 Å². The molecule has 0 heterocycles. The van der Waals surface area contributed by atoms with Gasteiger partial charge in [-0.15, -0.1) is 0 Å². The van der Waals surface area contributed by atoms with Crippen molar-refractivity contribution in [1.82, 2.24) is 0 Å². The smallest absolute Gasteiger partial charge is 0.330 e. The molecule has 0 aromatic heterocycles. The summed E-state index contributed by atoms with van der Waals surface area (Å²) in [4.78, 5) is 21.1. The Morgan fingerprint density at radius 1 is 1.00 bits per heavy atom. The average Bonchev–Trinajstić information content (AvgIpc) is 2.36. The van der Waals surface area contributed by atoms with Crippen LogP contribution in [0.5, 0.6) is 0 Å². The molecule has 0 radical (unpaired) electrons. The number of esters is 1. The summed E-state index contributed by atoms with van der Waals surface area (Å²) in [5, 5.41) is 0. The fraction of sp³-hybridized carbons (Fsp3) is 0.733. The minimum Gasteiger partial charge on any atom is -0.463 e. The Hall–Kier alpha value is -1.12. The lowest BCUT2D eigenvalue weighted by molar-refractivity contribution is -0.137. The molecule has 0 unspecified atom stereocenters. The molecule has 0 aromatic rings. The molecule has 0 fully saturated rings. The summed E-state index contributed by atoms with van der Waals surface area (Å²) >= 11 is 0. The highest BCUT2D eigenvalue weighted by atomic mass is 16.5. The maximum Gasteiger partial charge on any atom is 0.330 e. The van der Waals surface area contributed by atoms with E-state index in [2.05, 4.69) is 25.2 Å². The molecule has 106 valence electrons. The second kappa shape index (κ2) is 15.9. The van der Waals surface area contributed by atoms with E-state index in [-0.39, 0.29) is 5.97 Å². The van der Waals surface area contributed by atoms with Crippen molar-refractivity contribution < 1.29 is 14.3 Å². The zero-order chi connectivity index (χ0) is 14.2. The van der Waals surface area contributed by atoms with E-state index < -0.39 is 0 Å². The van der Waals surface area contributed by atoms with Gasteiger partial charge >= 0.3 is 5.97 Å². The number of ketones is 1. The van der Waals surface area contributed by atoms with Crippen molar-refractivity contribution in [2.24, 2.45) is 0 Å². The summed E-state index contributed by atoms with van der Waals surface area (Å²) in [7, 11) is 0. The van der Waals surface area contributed by atoms with Crippen LogP contribution >= 0.6 is 0 Å². The van der Waals surface area contributed by atoms with Crippen LogP contribution in [0.15, 0.2) is 12.7 Å². The van der Waals surface area contributed by atoms with Crippen molar-refractivity contribution in [3.05, 3.63) is 12.7 Å². The van der Waals surface area contributed by atoms with E-state index in [0.29, 0.717) is 12.4 Å². The fourth-order valence-corrected chi connectivity index (χ4v) is 1.35. The number of hydrogen-bond donors (Lipinski definition) is 0. The third-order valence-corrected chi connectivity index (χ3v) is 2.29. The molecule has 0 spiro atoms. The molecular formula is C15H28O3. The zero-order valence-electron chi connectivity index (χ0n) is 12.2. The van der Waals surface area contributed by atoms with E-state index in [4.69, 9.17) is 0 Å². The first-order chi connectivity index (χ1) is 8.62. The van der Waals surface area contributed by atoms with Gasteiger partial charge in [-0.2, -0.15) is 0 Å². The first kappa shape index (κ1) is 19.2. The van der Waals surface area contributed by atoms with Crippen molar-refractivity contribution in [3.8, 4) is 0 Å². The highest BCUT2D eigenvalue weighted by molar-refractivity contribution is 5.81. The topological polar surface area (TPSA) is 43.4 Å². The molecule has 0 bridgehead atoms. The van der Waals surface area contributed by atoms with Gasteiger partial charge in [-0.3, -0.25) is 4.79 Å². The van der Waals surface area contributed by atoms with Gasteiger partial charge in [0.05, 0.1) is 6.61 Å². The predicted octanol–water partition coefficient (Wildman–Crippen LogP) is 4.06. The van der Waals surface area contributed by atoms with Crippen molar-refractivity contribution in [1.29, 1.82) is 0 Å². The second-order valence-corrected chi connectivity index (χ2v) is 4.06. The number of hydrogen-bond acceptors (Lipinski definition) is 3. The number of ether oxygens (including phenoxy) is 1. The third kappa shape index (κ3) is 17.3. The van der Waals surface area contributed by atoms with E-state index in [1.807, 2.05) is 0 Å². The summed E-state index contributed by atoms with van der Waals surface area (Å²) < 4.78 is 4.43. The van der Waals surface area contributed by atoms with Crippen LogP contribution in [0, 0.1) is 0 Å². The molecule has 0 saturated heterocycles. The third-order valence-electron chi connectivity index (χ3n) is 2.29. The van der Waals surface area contributed by atoms with E-state index in [1.54, 1.807) is 6.92 Å². The fourth-order valence-electron chi connectivity index (χ4n) is 1.35. The van der Waals surface area contributed by atoms with Crippen LogP contribution in [0.25, 0.3) is 0 Å². The molecule has 18 heavy (non-hydrogen) atoms. The Kier molecular flexibility index (Phi) is 17.0. The minimum absolute atomic E-state index is 0.359. The number of rotatable bonds is 9. The van der Waals surface area contributed by atoms with Crippen molar-refractivity contribution in [2.75, 3.05) is 6.61 Å². The quantitative estimate of drug-likeness (QED) is 0.355. The van der Waals surface area contributed by atoms with Gasteiger partial charge in [0.15, 0.2) is 0 Å². The minimum atomic E-state index is -0.359. The molecule has 0 aliphatic rings. The highest BCUT2D eigenvalue weighted by Gasteiger charge is 1.98. The number of Topliss-reactive ketones (excluding diaryl/α,β-unsaturated/α-hetero) is 1. The van der Waals surface area contributed by atoms with Crippen LogP contribution in [0.2, 0.25) is 0 Å². The Bertz CT molecular complexity index is 222. The number of carbonyl (C=O) groups excluding carboxylic acids is 2.